The third kappa shape index (κ3) is 3.46. The van der Waals surface area contributed by atoms with Crippen LogP contribution in [0.5, 0.6) is 0 Å². The van der Waals surface area contributed by atoms with E-state index in [0.717, 1.165) is 12.8 Å². The van der Waals surface area contributed by atoms with Crippen LogP contribution in [-0.4, -0.2) is 45.9 Å². The Bertz CT molecular complexity index is 1030. The van der Waals surface area contributed by atoms with Gasteiger partial charge in [-0.1, -0.05) is 42.5 Å². The fourth-order valence-electron chi connectivity index (χ4n) is 4.04. The van der Waals surface area contributed by atoms with Gasteiger partial charge in [-0.2, -0.15) is 0 Å². The number of nitro groups is 1. The summed E-state index contributed by atoms with van der Waals surface area (Å²) in [6.45, 7) is 0.682. The van der Waals surface area contributed by atoms with Crippen LogP contribution in [0.2, 0.25) is 0 Å². The molecule has 2 aromatic carbocycles. The molecule has 0 aromatic heterocycles. The Morgan fingerprint density at radius 1 is 1.13 bits per heavy atom. The molecule has 2 atom stereocenters. The van der Waals surface area contributed by atoms with E-state index in [1.807, 2.05) is 0 Å². The first-order chi connectivity index (χ1) is 14.5. The van der Waals surface area contributed by atoms with Crippen LogP contribution in [0.1, 0.15) is 30.0 Å². The minimum Gasteiger partial charge on any atom is -0.507 e. The summed E-state index contributed by atoms with van der Waals surface area (Å²) in [4.78, 5) is 38.2. The van der Waals surface area contributed by atoms with Crippen molar-refractivity contribution in [2.75, 3.05) is 13.2 Å². The van der Waals surface area contributed by atoms with Gasteiger partial charge in [0.1, 0.15) is 5.76 Å². The van der Waals surface area contributed by atoms with E-state index in [1.165, 1.54) is 23.1 Å². The summed E-state index contributed by atoms with van der Waals surface area (Å²) in [6, 6.07) is 13.2. The summed E-state index contributed by atoms with van der Waals surface area (Å²) in [5.74, 6) is -2.02. The Balaban J connectivity index is 1.89. The van der Waals surface area contributed by atoms with Gasteiger partial charge in [-0.25, -0.2) is 0 Å². The Hall–Kier alpha value is -3.52. The fraction of sp³-hybridized carbons (Fsp3) is 0.273. The molecule has 0 saturated carbocycles. The molecule has 8 nitrogen and oxygen atoms in total. The monoisotopic (exact) mass is 408 g/mol. The molecule has 0 spiro atoms. The van der Waals surface area contributed by atoms with Gasteiger partial charge in [0.25, 0.3) is 17.4 Å². The number of carbonyl (C=O) groups is 2. The van der Waals surface area contributed by atoms with Crippen LogP contribution in [-0.2, 0) is 14.3 Å². The lowest BCUT2D eigenvalue weighted by Gasteiger charge is -2.27. The number of hydrogen-bond donors (Lipinski definition) is 1. The summed E-state index contributed by atoms with van der Waals surface area (Å²) in [5, 5.41) is 22.6. The maximum absolute atomic E-state index is 12.9. The number of benzene rings is 2. The molecule has 2 aliphatic heterocycles. The highest BCUT2D eigenvalue weighted by Gasteiger charge is 2.48. The van der Waals surface area contributed by atoms with Gasteiger partial charge >= 0.3 is 0 Å². The van der Waals surface area contributed by atoms with Crippen molar-refractivity contribution in [3.05, 3.63) is 81.4 Å². The van der Waals surface area contributed by atoms with E-state index < -0.39 is 22.7 Å². The molecule has 2 fully saturated rings. The third-order valence-electron chi connectivity index (χ3n) is 5.44. The average Bonchev–Trinajstić information content (AvgIpc) is 3.36. The molecular weight excluding hydrogens is 388 g/mol. The maximum Gasteiger partial charge on any atom is 0.295 e. The Kier molecular flexibility index (Phi) is 5.33. The molecule has 30 heavy (non-hydrogen) atoms. The number of aliphatic hydroxyl groups is 1. The van der Waals surface area contributed by atoms with Crippen molar-refractivity contribution in [2.24, 2.45) is 0 Å². The zero-order chi connectivity index (χ0) is 21.3. The number of amides is 1. The molecule has 2 saturated heterocycles. The SMILES string of the molecule is O=C1C(=O)N(C[C@H]2CCCO2)[C@H](c2ccccc2[N+](=O)[O-])/C1=C(\O)c1ccccc1. The van der Waals surface area contributed by atoms with Crippen LogP contribution < -0.4 is 0 Å². The summed E-state index contributed by atoms with van der Waals surface area (Å²) < 4.78 is 5.62. The van der Waals surface area contributed by atoms with Crippen molar-refractivity contribution in [3.8, 4) is 0 Å². The summed E-state index contributed by atoms with van der Waals surface area (Å²) in [6.07, 6.45) is 1.31. The lowest BCUT2D eigenvalue weighted by molar-refractivity contribution is -0.385. The van der Waals surface area contributed by atoms with Crippen LogP contribution in [0.4, 0.5) is 5.69 Å². The van der Waals surface area contributed by atoms with E-state index in [4.69, 9.17) is 4.74 Å². The number of nitrogens with zero attached hydrogens (tertiary/aromatic N) is 2. The predicted molar refractivity (Wildman–Crippen MR) is 108 cm³/mol. The van der Waals surface area contributed by atoms with Crippen LogP contribution in [0, 0.1) is 10.1 Å². The molecule has 1 N–H and O–H groups in total. The number of ether oxygens (including phenoxy) is 1. The van der Waals surface area contributed by atoms with Gasteiger partial charge in [-0.15, -0.1) is 0 Å². The quantitative estimate of drug-likeness (QED) is 0.267. The van der Waals surface area contributed by atoms with Gasteiger partial charge in [0, 0.05) is 24.8 Å². The summed E-state index contributed by atoms with van der Waals surface area (Å²) in [5.41, 5.74) is 0.160. The first-order valence-electron chi connectivity index (χ1n) is 9.67. The van der Waals surface area contributed by atoms with E-state index in [1.54, 1.807) is 36.4 Å². The Morgan fingerprint density at radius 3 is 2.50 bits per heavy atom. The molecule has 0 radical (unpaired) electrons. The molecule has 2 aromatic rings. The molecule has 2 heterocycles. The van der Waals surface area contributed by atoms with Gasteiger partial charge in [-0.3, -0.25) is 19.7 Å². The molecule has 4 rings (SSSR count). The second-order valence-electron chi connectivity index (χ2n) is 7.27. The van der Waals surface area contributed by atoms with E-state index in [2.05, 4.69) is 0 Å². The second-order valence-corrected chi connectivity index (χ2v) is 7.27. The van der Waals surface area contributed by atoms with Crippen molar-refractivity contribution < 1.29 is 24.4 Å². The van der Waals surface area contributed by atoms with Crippen LogP contribution in [0.3, 0.4) is 0 Å². The minimum absolute atomic E-state index is 0.118. The van der Waals surface area contributed by atoms with Crippen molar-refractivity contribution in [3.63, 3.8) is 0 Å². The van der Waals surface area contributed by atoms with Crippen molar-refractivity contribution in [1.29, 1.82) is 0 Å². The molecule has 8 heteroatoms. The first kappa shape index (κ1) is 19.8. The lowest BCUT2D eigenvalue weighted by atomic mass is 9.94. The standard InChI is InChI=1S/C22H20N2O6/c25-20(14-7-2-1-3-8-14)18-19(16-10-4-5-11-17(16)24(28)29)23(22(27)21(18)26)13-15-9-6-12-30-15/h1-5,7-8,10-11,15,19,25H,6,9,12-13H2/b20-18+/t15-,19-/m1/s1. The highest BCUT2D eigenvalue weighted by Crippen LogP contribution is 2.42. The highest BCUT2D eigenvalue weighted by atomic mass is 16.6. The van der Waals surface area contributed by atoms with Gasteiger partial charge in [0.2, 0.25) is 0 Å². The third-order valence-corrected chi connectivity index (χ3v) is 5.44. The van der Waals surface area contributed by atoms with E-state index in [9.17, 15) is 24.8 Å². The van der Waals surface area contributed by atoms with Gasteiger partial charge < -0.3 is 14.7 Å². The average molecular weight is 408 g/mol. The first-order valence-corrected chi connectivity index (χ1v) is 9.67. The minimum atomic E-state index is -1.07. The fourth-order valence-corrected chi connectivity index (χ4v) is 4.04. The topological polar surface area (TPSA) is 110 Å². The Morgan fingerprint density at radius 2 is 1.83 bits per heavy atom. The molecule has 0 bridgehead atoms. The van der Waals surface area contributed by atoms with Crippen molar-refractivity contribution >= 4 is 23.1 Å². The van der Waals surface area contributed by atoms with Crippen LogP contribution >= 0.6 is 0 Å². The lowest BCUT2D eigenvalue weighted by Crippen LogP contribution is -2.36. The normalized spacial score (nSPS) is 23.1. The molecule has 0 aliphatic carbocycles. The number of Topliss-reactive ketones (excluding diaryl/α,β-unsaturated/α-hetero) is 1. The smallest absolute Gasteiger partial charge is 0.295 e. The zero-order valence-corrected chi connectivity index (χ0v) is 16.1. The number of para-hydroxylation sites is 1. The Labute approximate surface area is 172 Å². The number of hydrogen-bond acceptors (Lipinski definition) is 6. The largest absolute Gasteiger partial charge is 0.507 e. The van der Waals surface area contributed by atoms with Crippen molar-refractivity contribution in [2.45, 2.75) is 25.0 Å². The van der Waals surface area contributed by atoms with E-state index in [0.29, 0.717) is 12.2 Å². The molecule has 1 amide bonds. The van der Waals surface area contributed by atoms with Crippen LogP contribution in [0.15, 0.2) is 60.2 Å². The highest BCUT2D eigenvalue weighted by molar-refractivity contribution is 6.46. The number of carbonyl (C=O) groups excluding carboxylic acids is 2. The van der Waals surface area contributed by atoms with E-state index in [-0.39, 0.29) is 35.2 Å². The predicted octanol–water partition coefficient (Wildman–Crippen LogP) is 3.20. The number of likely N-dealkylation sites (tertiary alicyclic amines) is 1. The maximum atomic E-state index is 12.9. The zero-order valence-electron chi connectivity index (χ0n) is 16.1. The molecular formula is C22H20N2O6. The molecule has 2 aliphatic rings. The van der Waals surface area contributed by atoms with Crippen molar-refractivity contribution in [1.82, 2.24) is 4.90 Å². The van der Waals surface area contributed by atoms with Gasteiger partial charge in [0.15, 0.2) is 0 Å². The molecule has 0 unspecified atom stereocenters. The van der Waals surface area contributed by atoms with Gasteiger partial charge in [0.05, 0.1) is 28.2 Å². The van der Waals surface area contributed by atoms with Crippen LogP contribution in [0.25, 0.3) is 5.76 Å². The summed E-state index contributed by atoms with van der Waals surface area (Å²) in [7, 11) is 0. The van der Waals surface area contributed by atoms with Gasteiger partial charge in [-0.05, 0) is 18.9 Å². The number of nitro benzene ring substituents is 1. The second kappa shape index (κ2) is 8.08. The molecule has 154 valence electrons. The number of ketones is 1. The van der Waals surface area contributed by atoms with E-state index >= 15 is 0 Å². The number of rotatable bonds is 5. The number of aliphatic hydroxyl groups excluding tert-OH is 1. The summed E-state index contributed by atoms with van der Waals surface area (Å²) >= 11 is 0.